The molecular weight excluding hydrogens is 220 g/mol. The van der Waals surface area contributed by atoms with Crippen molar-refractivity contribution < 1.29 is 5.11 Å². The number of hydrogen-bond donors (Lipinski definition) is 2. The van der Waals surface area contributed by atoms with Gasteiger partial charge in [-0.05, 0) is 38.6 Å². The molecule has 0 bridgehead atoms. The third-order valence-electron chi connectivity index (χ3n) is 3.66. The highest BCUT2D eigenvalue weighted by molar-refractivity contribution is 7.11. The Morgan fingerprint density at radius 2 is 2.25 bits per heavy atom. The highest BCUT2D eigenvalue weighted by atomic mass is 32.1. The Morgan fingerprint density at radius 3 is 3.00 bits per heavy atom. The number of fused-ring (bicyclic) bond motifs is 1. The van der Waals surface area contributed by atoms with Crippen molar-refractivity contribution >= 4 is 11.3 Å². The van der Waals surface area contributed by atoms with Gasteiger partial charge in [0.15, 0.2) is 0 Å². The first-order valence-electron chi connectivity index (χ1n) is 6.22. The second-order valence-corrected chi connectivity index (χ2v) is 5.94. The minimum Gasteiger partial charge on any atom is -0.386 e. The van der Waals surface area contributed by atoms with E-state index in [2.05, 4.69) is 10.3 Å². The third-order valence-corrected chi connectivity index (χ3v) is 4.89. The molecule has 0 radical (unpaired) electrons. The van der Waals surface area contributed by atoms with Gasteiger partial charge in [0, 0.05) is 17.3 Å². The molecule has 3 rings (SSSR count). The summed E-state index contributed by atoms with van der Waals surface area (Å²) in [5, 5.41) is 14.5. The quantitative estimate of drug-likeness (QED) is 0.823. The molecule has 1 aliphatic heterocycles. The summed E-state index contributed by atoms with van der Waals surface area (Å²) in [6.45, 7) is 1.97. The summed E-state index contributed by atoms with van der Waals surface area (Å²) < 4.78 is 0. The molecule has 2 unspecified atom stereocenters. The van der Waals surface area contributed by atoms with E-state index in [-0.39, 0.29) is 6.10 Å². The monoisotopic (exact) mass is 238 g/mol. The zero-order chi connectivity index (χ0) is 11.0. The van der Waals surface area contributed by atoms with Gasteiger partial charge < -0.3 is 10.4 Å². The first-order chi connectivity index (χ1) is 7.84. The van der Waals surface area contributed by atoms with Crippen molar-refractivity contribution in [2.45, 2.75) is 38.2 Å². The topological polar surface area (TPSA) is 45.2 Å². The van der Waals surface area contributed by atoms with Crippen LogP contribution in [-0.4, -0.2) is 23.2 Å². The van der Waals surface area contributed by atoms with Gasteiger partial charge in [-0.2, -0.15) is 0 Å². The molecular formula is C12H18N2OS. The smallest absolute Gasteiger partial charge is 0.122 e. The summed E-state index contributed by atoms with van der Waals surface area (Å²) in [6, 6.07) is 0. The highest BCUT2D eigenvalue weighted by Crippen LogP contribution is 2.34. The number of hydrogen-bond acceptors (Lipinski definition) is 4. The summed E-state index contributed by atoms with van der Waals surface area (Å²) in [7, 11) is 0. The van der Waals surface area contributed by atoms with Crippen LogP contribution in [-0.2, 0) is 12.8 Å². The van der Waals surface area contributed by atoms with E-state index < -0.39 is 0 Å². The van der Waals surface area contributed by atoms with Gasteiger partial charge in [-0.25, -0.2) is 4.98 Å². The molecule has 88 valence electrons. The van der Waals surface area contributed by atoms with Gasteiger partial charge in [0.1, 0.15) is 11.1 Å². The molecule has 2 heterocycles. The van der Waals surface area contributed by atoms with Crippen LogP contribution in [0.2, 0.25) is 0 Å². The molecule has 1 aliphatic carbocycles. The number of aromatic nitrogens is 1. The first-order valence-corrected chi connectivity index (χ1v) is 7.03. The molecule has 3 nitrogen and oxygen atoms in total. The van der Waals surface area contributed by atoms with Crippen molar-refractivity contribution in [1.82, 2.24) is 10.3 Å². The summed E-state index contributed by atoms with van der Waals surface area (Å²) in [6.07, 6.45) is 5.56. The molecule has 0 saturated carbocycles. The fraction of sp³-hybridized carbons (Fsp3) is 0.750. The molecule has 4 heteroatoms. The minimum absolute atomic E-state index is 0.342. The SMILES string of the molecule is OC(c1nc2c(s1)CCCC2)C1CCNC1. The van der Waals surface area contributed by atoms with Gasteiger partial charge >= 0.3 is 0 Å². The number of nitrogens with one attached hydrogen (secondary N) is 1. The molecule has 1 aromatic heterocycles. The predicted molar refractivity (Wildman–Crippen MR) is 64.7 cm³/mol. The normalized spacial score (nSPS) is 26.7. The third kappa shape index (κ3) is 1.90. The van der Waals surface area contributed by atoms with Crippen molar-refractivity contribution in [3.63, 3.8) is 0 Å². The average Bonchev–Trinajstić information content (AvgIpc) is 2.97. The molecule has 1 saturated heterocycles. The van der Waals surface area contributed by atoms with E-state index in [4.69, 9.17) is 0 Å². The first kappa shape index (κ1) is 10.7. The summed E-state index contributed by atoms with van der Waals surface area (Å²) in [5.74, 6) is 0.368. The fourth-order valence-electron chi connectivity index (χ4n) is 2.65. The van der Waals surface area contributed by atoms with Gasteiger partial charge in [0.2, 0.25) is 0 Å². The summed E-state index contributed by atoms with van der Waals surface area (Å²) in [4.78, 5) is 6.06. The van der Waals surface area contributed by atoms with Crippen LogP contribution < -0.4 is 5.32 Å². The molecule has 1 aromatic rings. The molecule has 0 amide bonds. The van der Waals surface area contributed by atoms with E-state index in [0.29, 0.717) is 5.92 Å². The zero-order valence-corrected chi connectivity index (χ0v) is 10.2. The summed E-state index contributed by atoms with van der Waals surface area (Å²) >= 11 is 1.74. The Kier molecular flexibility index (Phi) is 2.96. The van der Waals surface area contributed by atoms with Crippen LogP contribution in [0.5, 0.6) is 0 Å². The van der Waals surface area contributed by atoms with Crippen LogP contribution >= 0.6 is 11.3 Å². The van der Waals surface area contributed by atoms with Crippen molar-refractivity contribution in [3.05, 3.63) is 15.6 Å². The summed E-state index contributed by atoms with van der Waals surface area (Å²) in [5.41, 5.74) is 1.26. The lowest BCUT2D eigenvalue weighted by molar-refractivity contribution is 0.118. The number of thiazole rings is 1. The Bertz CT molecular complexity index is 348. The Hall–Kier alpha value is -0.450. The Labute approximate surface area is 99.9 Å². The number of nitrogens with zero attached hydrogens (tertiary/aromatic N) is 1. The van der Waals surface area contributed by atoms with Crippen LogP contribution in [0, 0.1) is 5.92 Å². The highest BCUT2D eigenvalue weighted by Gasteiger charge is 2.28. The largest absolute Gasteiger partial charge is 0.386 e. The maximum Gasteiger partial charge on any atom is 0.122 e. The van der Waals surface area contributed by atoms with E-state index >= 15 is 0 Å². The fourth-order valence-corrected chi connectivity index (χ4v) is 3.88. The lowest BCUT2D eigenvalue weighted by Crippen LogP contribution is -2.16. The molecule has 2 aliphatic rings. The zero-order valence-electron chi connectivity index (χ0n) is 9.41. The number of aryl methyl sites for hydroxylation is 2. The molecule has 16 heavy (non-hydrogen) atoms. The van der Waals surface area contributed by atoms with Crippen LogP contribution in [0.1, 0.15) is 40.9 Å². The molecule has 0 aromatic carbocycles. The van der Waals surface area contributed by atoms with Crippen molar-refractivity contribution in [2.75, 3.05) is 13.1 Å². The van der Waals surface area contributed by atoms with Gasteiger partial charge in [0.25, 0.3) is 0 Å². The second kappa shape index (κ2) is 4.43. The van der Waals surface area contributed by atoms with E-state index in [0.717, 1.165) is 30.9 Å². The lowest BCUT2D eigenvalue weighted by Gasteiger charge is -2.13. The van der Waals surface area contributed by atoms with E-state index in [1.54, 1.807) is 11.3 Å². The van der Waals surface area contributed by atoms with Gasteiger partial charge in [-0.15, -0.1) is 11.3 Å². The Morgan fingerprint density at radius 1 is 1.38 bits per heavy atom. The molecule has 2 N–H and O–H groups in total. The van der Waals surface area contributed by atoms with Crippen LogP contribution in [0.25, 0.3) is 0 Å². The van der Waals surface area contributed by atoms with Crippen LogP contribution in [0.15, 0.2) is 0 Å². The lowest BCUT2D eigenvalue weighted by atomic mass is 10.0. The van der Waals surface area contributed by atoms with Gasteiger partial charge in [-0.3, -0.25) is 0 Å². The minimum atomic E-state index is -0.342. The number of aliphatic hydroxyl groups excluding tert-OH is 1. The van der Waals surface area contributed by atoms with Gasteiger partial charge in [0.05, 0.1) is 5.69 Å². The van der Waals surface area contributed by atoms with E-state index in [1.165, 1.54) is 29.8 Å². The standard InChI is InChI=1S/C12H18N2OS/c15-11(8-5-6-13-7-8)12-14-9-3-1-2-4-10(9)16-12/h8,11,13,15H,1-7H2. The van der Waals surface area contributed by atoms with Crippen LogP contribution in [0.4, 0.5) is 0 Å². The maximum atomic E-state index is 10.3. The van der Waals surface area contributed by atoms with Crippen LogP contribution in [0.3, 0.4) is 0 Å². The molecule has 1 fully saturated rings. The number of aliphatic hydroxyl groups is 1. The molecule has 2 atom stereocenters. The van der Waals surface area contributed by atoms with Crippen molar-refractivity contribution in [3.8, 4) is 0 Å². The second-order valence-electron chi connectivity index (χ2n) is 4.83. The van der Waals surface area contributed by atoms with E-state index in [9.17, 15) is 5.11 Å². The van der Waals surface area contributed by atoms with Gasteiger partial charge in [-0.1, -0.05) is 0 Å². The number of rotatable bonds is 2. The van der Waals surface area contributed by atoms with E-state index in [1.807, 2.05) is 0 Å². The van der Waals surface area contributed by atoms with Crippen molar-refractivity contribution in [2.24, 2.45) is 5.92 Å². The Balaban J connectivity index is 1.80. The molecule has 0 spiro atoms. The maximum absolute atomic E-state index is 10.3. The van der Waals surface area contributed by atoms with Crippen molar-refractivity contribution in [1.29, 1.82) is 0 Å². The predicted octanol–water partition coefficient (Wildman–Crippen LogP) is 1.66. The average molecular weight is 238 g/mol.